The molecule has 0 heterocycles. The summed E-state index contributed by atoms with van der Waals surface area (Å²) in [6, 6.07) is -0.531. The highest BCUT2D eigenvalue weighted by Crippen LogP contribution is 2.09. The van der Waals surface area contributed by atoms with Crippen molar-refractivity contribution in [1.29, 1.82) is 0 Å². The van der Waals surface area contributed by atoms with Gasteiger partial charge in [-0.1, -0.05) is 44.1 Å². The summed E-state index contributed by atoms with van der Waals surface area (Å²) < 4.78 is 5.27. The van der Waals surface area contributed by atoms with E-state index in [1.165, 1.54) is 25.7 Å². The Morgan fingerprint density at radius 2 is 1.95 bits per heavy atom. The van der Waals surface area contributed by atoms with Crippen molar-refractivity contribution in [3.05, 3.63) is 10.4 Å². The highest BCUT2D eigenvalue weighted by atomic mass is 16.5. The zero-order chi connectivity index (χ0) is 14.3. The maximum atomic E-state index is 9.72. The Morgan fingerprint density at radius 3 is 2.58 bits per heavy atom. The molecule has 0 spiro atoms. The van der Waals surface area contributed by atoms with Crippen LogP contribution < -0.4 is 0 Å². The Bertz CT molecular complexity index is 245. The highest BCUT2D eigenvalue weighted by molar-refractivity contribution is 4.64. The molecule has 2 unspecified atom stereocenters. The van der Waals surface area contributed by atoms with Crippen LogP contribution in [0.2, 0.25) is 0 Å². The summed E-state index contributed by atoms with van der Waals surface area (Å²) in [6.07, 6.45) is 7.04. The van der Waals surface area contributed by atoms with Crippen molar-refractivity contribution >= 4 is 0 Å². The average molecular weight is 273 g/mol. The minimum absolute atomic E-state index is 0.198. The molecule has 0 saturated heterocycles. The van der Waals surface area contributed by atoms with E-state index in [0.29, 0.717) is 13.0 Å². The van der Waals surface area contributed by atoms with E-state index in [1.807, 2.05) is 0 Å². The van der Waals surface area contributed by atoms with Gasteiger partial charge in [-0.15, -0.1) is 0 Å². The van der Waals surface area contributed by atoms with Gasteiger partial charge in [0.05, 0.1) is 25.4 Å². The normalized spacial score (nSPS) is 13.8. The molecule has 0 amide bonds. The van der Waals surface area contributed by atoms with Gasteiger partial charge in [0.25, 0.3) is 0 Å². The number of hydrogen-bond donors (Lipinski definition) is 2. The lowest BCUT2D eigenvalue weighted by molar-refractivity contribution is 0.0624. The molecule has 0 aliphatic rings. The van der Waals surface area contributed by atoms with Crippen LogP contribution >= 0.6 is 0 Å². The lowest BCUT2D eigenvalue weighted by atomic mass is 10.1. The standard InChI is InChI=1S/C13H27N3O3/c1-2-3-4-5-6-7-13(18)8-9-19-11-12(10-17)15-16-14/h12-13,17-18H,2-11H2,1H3. The quantitative estimate of drug-likeness (QED) is 0.233. The summed E-state index contributed by atoms with van der Waals surface area (Å²) in [5, 5.41) is 22.0. The van der Waals surface area contributed by atoms with Crippen LogP contribution in [0.1, 0.15) is 51.9 Å². The molecule has 6 heteroatoms. The van der Waals surface area contributed by atoms with Crippen LogP contribution in [-0.4, -0.2) is 42.2 Å². The number of hydrogen-bond acceptors (Lipinski definition) is 4. The maximum Gasteiger partial charge on any atom is 0.0838 e. The number of rotatable bonds is 13. The van der Waals surface area contributed by atoms with Crippen LogP contribution in [0.15, 0.2) is 5.11 Å². The predicted octanol–water partition coefficient (Wildman–Crippen LogP) is 2.79. The third kappa shape index (κ3) is 12.0. The summed E-state index contributed by atoms with van der Waals surface area (Å²) in [6.45, 7) is 2.59. The second-order valence-corrected chi connectivity index (χ2v) is 4.76. The van der Waals surface area contributed by atoms with Gasteiger partial charge >= 0.3 is 0 Å². The van der Waals surface area contributed by atoms with Gasteiger partial charge in [0.2, 0.25) is 0 Å². The topological polar surface area (TPSA) is 98.5 Å². The summed E-state index contributed by atoms with van der Waals surface area (Å²) in [7, 11) is 0. The minimum atomic E-state index is -0.531. The van der Waals surface area contributed by atoms with Gasteiger partial charge in [-0.05, 0) is 18.4 Å². The Labute approximate surface area is 115 Å². The lowest BCUT2D eigenvalue weighted by Gasteiger charge is -2.12. The van der Waals surface area contributed by atoms with Crippen molar-refractivity contribution in [3.63, 3.8) is 0 Å². The minimum Gasteiger partial charge on any atom is -0.396 e. The second kappa shape index (κ2) is 13.6. The molecule has 112 valence electrons. The number of azide groups is 1. The number of unbranched alkanes of at least 4 members (excludes halogenated alkanes) is 4. The molecular formula is C13H27N3O3. The van der Waals surface area contributed by atoms with E-state index in [0.717, 1.165) is 12.8 Å². The van der Waals surface area contributed by atoms with Crippen molar-refractivity contribution in [2.75, 3.05) is 19.8 Å². The summed E-state index contributed by atoms with van der Waals surface area (Å²) >= 11 is 0. The van der Waals surface area contributed by atoms with E-state index >= 15 is 0 Å². The van der Waals surface area contributed by atoms with Crippen molar-refractivity contribution in [1.82, 2.24) is 0 Å². The average Bonchev–Trinajstić information content (AvgIpc) is 2.42. The fourth-order valence-electron chi connectivity index (χ4n) is 1.76. The Balaban J connectivity index is 3.42. The smallest absolute Gasteiger partial charge is 0.0838 e. The zero-order valence-corrected chi connectivity index (χ0v) is 11.9. The molecule has 0 aromatic carbocycles. The van der Waals surface area contributed by atoms with E-state index in [-0.39, 0.29) is 19.3 Å². The van der Waals surface area contributed by atoms with Crippen LogP contribution in [-0.2, 0) is 4.74 Å². The number of aliphatic hydroxyl groups excluding tert-OH is 2. The molecule has 0 fully saturated rings. The van der Waals surface area contributed by atoms with Gasteiger partial charge in [0.1, 0.15) is 0 Å². The van der Waals surface area contributed by atoms with Gasteiger partial charge in [-0.3, -0.25) is 0 Å². The molecule has 2 N–H and O–H groups in total. The van der Waals surface area contributed by atoms with E-state index in [4.69, 9.17) is 15.4 Å². The summed E-state index contributed by atoms with van der Waals surface area (Å²) in [5.74, 6) is 0. The number of nitrogens with zero attached hydrogens (tertiary/aromatic N) is 3. The highest BCUT2D eigenvalue weighted by Gasteiger charge is 2.07. The predicted molar refractivity (Wildman–Crippen MR) is 74.8 cm³/mol. The van der Waals surface area contributed by atoms with Gasteiger partial charge in [0.15, 0.2) is 0 Å². The fraction of sp³-hybridized carbons (Fsp3) is 1.00. The van der Waals surface area contributed by atoms with E-state index in [9.17, 15) is 5.11 Å². The molecule has 0 saturated carbocycles. The monoisotopic (exact) mass is 273 g/mol. The molecule has 0 aromatic heterocycles. The van der Waals surface area contributed by atoms with Gasteiger partial charge < -0.3 is 14.9 Å². The molecule has 0 radical (unpaired) electrons. The van der Waals surface area contributed by atoms with Crippen LogP contribution in [0, 0.1) is 0 Å². The van der Waals surface area contributed by atoms with Crippen molar-refractivity contribution < 1.29 is 14.9 Å². The summed E-state index contributed by atoms with van der Waals surface area (Å²) in [4.78, 5) is 2.62. The Morgan fingerprint density at radius 1 is 1.21 bits per heavy atom. The largest absolute Gasteiger partial charge is 0.396 e. The SMILES string of the molecule is CCCCCCCC(O)CCOCC(CO)N=[N+]=[N-]. The second-order valence-electron chi connectivity index (χ2n) is 4.76. The first-order chi connectivity index (χ1) is 9.24. The van der Waals surface area contributed by atoms with E-state index in [2.05, 4.69) is 16.9 Å². The van der Waals surface area contributed by atoms with Crippen LogP contribution in [0.5, 0.6) is 0 Å². The molecule has 0 bridgehead atoms. The first-order valence-electron chi connectivity index (χ1n) is 7.15. The molecule has 0 aliphatic carbocycles. The lowest BCUT2D eigenvalue weighted by Crippen LogP contribution is -2.19. The fourth-order valence-corrected chi connectivity index (χ4v) is 1.76. The van der Waals surface area contributed by atoms with Crippen molar-refractivity contribution in [2.45, 2.75) is 64.0 Å². The Hall–Kier alpha value is -0.810. The van der Waals surface area contributed by atoms with Gasteiger partial charge in [-0.2, -0.15) is 0 Å². The molecule has 0 aliphatic heterocycles. The molecular weight excluding hydrogens is 246 g/mol. The van der Waals surface area contributed by atoms with E-state index in [1.54, 1.807) is 0 Å². The van der Waals surface area contributed by atoms with Crippen LogP contribution in [0.4, 0.5) is 0 Å². The molecule has 0 rings (SSSR count). The zero-order valence-electron chi connectivity index (χ0n) is 11.9. The molecule has 19 heavy (non-hydrogen) atoms. The number of aliphatic hydroxyl groups is 2. The van der Waals surface area contributed by atoms with Crippen LogP contribution in [0.3, 0.4) is 0 Å². The molecule has 0 aromatic rings. The van der Waals surface area contributed by atoms with Crippen molar-refractivity contribution in [2.24, 2.45) is 5.11 Å². The maximum absolute atomic E-state index is 9.72. The first-order valence-corrected chi connectivity index (χ1v) is 7.15. The first kappa shape index (κ1) is 18.2. The molecule has 2 atom stereocenters. The van der Waals surface area contributed by atoms with Crippen LogP contribution in [0.25, 0.3) is 10.4 Å². The third-order valence-corrected chi connectivity index (χ3v) is 2.97. The number of ether oxygens (including phenoxy) is 1. The summed E-state index contributed by atoms with van der Waals surface area (Å²) in [5.41, 5.74) is 8.22. The third-order valence-electron chi connectivity index (χ3n) is 2.97. The Kier molecular flexibility index (Phi) is 13.0. The van der Waals surface area contributed by atoms with E-state index < -0.39 is 6.04 Å². The van der Waals surface area contributed by atoms with Gasteiger partial charge in [0, 0.05) is 11.5 Å². The molecule has 6 nitrogen and oxygen atoms in total. The van der Waals surface area contributed by atoms with Crippen molar-refractivity contribution in [3.8, 4) is 0 Å². The van der Waals surface area contributed by atoms with Gasteiger partial charge in [-0.25, -0.2) is 0 Å².